The molecule has 174 valence electrons. The van der Waals surface area contributed by atoms with Gasteiger partial charge in [0.1, 0.15) is 11.5 Å². The highest BCUT2D eigenvalue weighted by molar-refractivity contribution is 7.80. The van der Waals surface area contributed by atoms with Crippen LogP contribution in [0.4, 0.5) is 0 Å². The van der Waals surface area contributed by atoms with Crippen molar-refractivity contribution in [3.05, 3.63) is 59.7 Å². The second-order valence-corrected chi connectivity index (χ2v) is 8.14. The number of hydrogen-bond donors (Lipinski definition) is 2. The summed E-state index contributed by atoms with van der Waals surface area (Å²) >= 11 is 5.29. The lowest BCUT2D eigenvalue weighted by atomic mass is 10.2. The molecule has 0 atom stereocenters. The van der Waals surface area contributed by atoms with E-state index in [9.17, 15) is 0 Å². The molecule has 0 heterocycles. The van der Waals surface area contributed by atoms with Crippen LogP contribution in [0, 0.1) is 0 Å². The molecular formula is C26H37N3O2S. The Balaban J connectivity index is 1.63. The Hall–Kier alpha value is -2.60. The van der Waals surface area contributed by atoms with Gasteiger partial charge in [-0.2, -0.15) is 5.10 Å². The van der Waals surface area contributed by atoms with Gasteiger partial charge in [-0.15, -0.1) is 0 Å². The van der Waals surface area contributed by atoms with Gasteiger partial charge in [0.05, 0.1) is 19.4 Å². The molecule has 2 N–H and O–H groups in total. The maximum Gasteiger partial charge on any atom is 0.187 e. The maximum absolute atomic E-state index is 5.79. The predicted octanol–water partition coefficient (Wildman–Crippen LogP) is 6.21. The Morgan fingerprint density at radius 1 is 0.812 bits per heavy atom. The number of thiocarbonyl (C=S) groups is 1. The van der Waals surface area contributed by atoms with Crippen LogP contribution >= 0.6 is 12.2 Å². The lowest BCUT2D eigenvalue weighted by molar-refractivity contribution is 0.304. The van der Waals surface area contributed by atoms with Crippen molar-refractivity contribution in [1.82, 2.24) is 10.7 Å². The quantitative estimate of drug-likeness (QED) is 0.145. The first-order chi connectivity index (χ1) is 15.7. The van der Waals surface area contributed by atoms with Crippen LogP contribution in [0.5, 0.6) is 11.5 Å². The summed E-state index contributed by atoms with van der Waals surface area (Å²) in [5, 5.41) is 7.84. The first-order valence-electron chi connectivity index (χ1n) is 11.7. The lowest BCUT2D eigenvalue weighted by Crippen LogP contribution is -2.31. The molecule has 0 unspecified atom stereocenters. The van der Waals surface area contributed by atoms with Crippen molar-refractivity contribution in [2.24, 2.45) is 5.10 Å². The molecular weight excluding hydrogens is 418 g/mol. The molecule has 0 radical (unpaired) electrons. The number of benzene rings is 2. The summed E-state index contributed by atoms with van der Waals surface area (Å²) in [6.45, 7) is 6.54. The van der Waals surface area contributed by atoms with Crippen molar-refractivity contribution in [2.45, 2.75) is 65.3 Å². The van der Waals surface area contributed by atoms with Gasteiger partial charge in [-0.25, -0.2) is 0 Å². The largest absolute Gasteiger partial charge is 0.494 e. The minimum Gasteiger partial charge on any atom is -0.494 e. The second-order valence-electron chi connectivity index (χ2n) is 7.73. The summed E-state index contributed by atoms with van der Waals surface area (Å²) in [6, 6.07) is 16.0. The Kier molecular flexibility index (Phi) is 12.9. The summed E-state index contributed by atoms with van der Waals surface area (Å²) in [6.07, 6.45) is 10.1. The fourth-order valence-corrected chi connectivity index (χ4v) is 3.10. The highest BCUT2D eigenvalue weighted by Crippen LogP contribution is 2.13. The van der Waals surface area contributed by atoms with Crippen molar-refractivity contribution >= 4 is 23.5 Å². The number of nitrogens with zero attached hydrogens (tertiary/aromatic N) is 1. The topological polar surface area (TPSA) is 54.9 Å². The van der Waals surface area contributed by atoms with E-state index in [1.165, 1.54) is 25.7 Å². The molecule has 0 aliphatic carbocycles. The standard InChI is InChI=1S/C26H37N3O2S/c1-3-5-7-8-9-19-31-25-16-12-23(13-17-25)21-28-29-26(32)27-20-22-10-14-24(15-11-22)30-18-6-4-2/h10-17,21H,3-9,18-20H2,1-2H3,(H2,27,29,32)/b28-21+. The van der Waals surface area contributed by atoms with Gasteiger partial charge in [-0.1, -0.05) is 58.1 Å². The number of unbranched alkanes of at least 4 members (excludes halogenated alkanes) is 5. The van der Waals surface area contributed by atoms with E-state index in [2.05, 4.69) is 29.7 Å². The van der Waals surface area contributed by atoms with Crippen molar-refractivity contribution in [2.75, 3.05) is 13.2 Å². The zero-order valence-electron chi connectivity index (χ0n) is 19.4. The Morgan fingerprint density at radius 3 is 2.06 bits per heavy atom. The van der Waals surface area contributed by atoms with Crippen LogP contribution in [0.25, 0.3) is 0 Å². The summed E-state index contributed by atoms with van der Waals surface area (Å²) in [5.41, 5.74) is 4.96. The fraction of sp³-hybridized carbons (Fsp3) is 0.462. The van der Waals surface area contributed by atoms with Gasteiger partial charge in [-0.3, -0.25) is 5.43 Å². The van der Waals surface area contributed by atoms with E-state index in [1.807, 2.05) is 48.5 Å². The highest BCUT2D eigenvalue weighted by Gasteiger charge is 1.99. The number of hydrazone groups is 1. The molecule has 0 fully saturated rings. The monoisotopic (exact) mass is 455 g/mol. The van der Waals surface area contributed by atoms with Crippen LogP contribution in [0.3, 0.4) is 0 Å². The summed E-state index contributed by atoms with van der Waals surface area (Å²) in [7, 11) is 0. The molecule has 5 nitrogen and oxygen atoms in total. The molecule has 0 saturated carbocycles. The Labute approximate surface area is 198 Å². The SMILES string of the molecule is CCCCCCCOc1ccc(/C=N/NC(=S)NCc2ccc(OCCCC)cc2)cc1. The van der Waals surface area contributed by atoms with Gasteiger partial charge in [0.25, 0.3) is 0 Å². The molecule has 6 heteroatoms. The summed E-state index contributed by atoms with van der Waals surface area (Å²) < 4.78 is 11.5. The third-order valence-electron chi connectivity index (χ3n) is 4.92. The van der Waals surface area contributed by atoms with Crippen LogP contribution in [0.15, 0.2) is 53.6 Å². The first-order valence-corrected chi connectivity index (χ1v) is 12.1. The molecule has 0 aliphatic rings. The van der Waals surface area contributed by atoms with Crippen molar-refractivity contribution in [3.8, 4) is 11.5 Å². The van der Waals surface area contributed by atoms with Crippen LogP contribution in [0.1, 0.15) is 69.9 Å². The average molecular weight is 456 g/mol. The molecule has 0 saturated heterocycles. The van der Waals surface area contributed by atoms with Crippen molar-refractivity contribution < 1.29 is 9.47 Å². The third kappa shape index (κ3) is 11.1. The minimum absolute atomic E-state index is 0.479. The number of ether oxygens (including phenoxy) is 2. The van der Waals surface area contributed by atoms with Crippen LogP contribution in [-0.2, 0) is 6.54 Å². The zero-order chi connectivity index (χ0) is 22.9. The molecule has 0 aromatic heterocycles. The fourth-order valence-electron chi connectivity index (χ4n) is 2.97. The van der Waals surface area contributed by atoms with Crippen LogP contribution < -0.4 is 20.2 Å². The van der Waals surface area contributed by atoms with E-state index in [0.29, 0.717) is 11.7 Å². The van der Waals surface area contributed by atoms with Gasteiger partial charge in [0, 0.05) is 6.54 Å². The lowest BCUT2D eigenvalue weighted by Gasteiger charge is -2.09. The second kappa shape index (κ2) is 16.1. The molecule has 32 heavy (non-hydrogen) atoms. The van der Waals surface area contributed by atoms with Gasteiger partial charge in [-0.05, 0) is 72.6 Å². The molecule has 2 rings (SSSR count). The third-order valence-corrected chi connectivity index (χ3v) is 5.16. The first kappa shape index (κ1) is 25.7. The highest BCUT2D eigenvalue weighted by atomic mass is 32.1. The van der Waals surface area contributed by atoms with Gasteiger partial charge >= 0.3 is 0 Å². The van der Waals surface area contributed by atoms with Gasteiger partial charge < -0.3 is 14.8 Å². The molecule has 0 amide bonds. The molecule has 0 bridgehead atoms. The van der Waals surface area contributed by atoms with E-state index in [-0.39, 0.29) is 0 Å². The van der Waals surface area contributed by atoms with E-state index < -0.39 is 0 Å². The minimum atomic E-state index is 0.479. The molecule has 2 aromatic rings. The average Bonchev–Trinajstić information content (AvgIpc) is 2.82. The van der Waals surface area contributed by atoms with Gasteiger partial charge in [0.15, 0.2) is 5.11 Å². The molecule has 0 aliphatic heterocycles. The predicted molar refractivity (Wildman–Crippen MR) is 138 cm³/mol. The Morgan fingerprint density at radius 2 is 1.41 bits per heavy atom. The maximum atomic E-state index is 5.79. The number of rotatable bonds is 15. The molecule has 2 aromatic carbocycles. The van der Waals surface area contributed by atoms with Crippen molar-refractivity contribution in [1.29, 1.82) is 0 Å². The van der Waals surface area contributed by atoms with E-state index in [4.69, 9.17) is 21.7 Å². The van der Waals surface area contributed by atoms with Crippen LogP contribution in [-0.4, -0.2) is 24.5 Å². The van der Waals surface area contributed by atoms with Gasteiger partial charge in [0.2, 0.25) is 0 Å². The van der Waals surface area contributed by atoms with E-state index in [1.54, 1.807) is 6.21 Å². The van der Waals surface area contributed by atoms with Crippen molar-refractivity contribution in [3.63, 3.8) is 0 Å². The zero-order valence-corrected chi connectivity index (χ0v) is 20.3. The summed E-state index contributed by atoms with van der Waals surface area (Å²) in [4.78, 5) is 0. The van der Waals surface area contributed by atoms with Crippen LogP contribution in [0.2, 0.25) is 0 Å². The van der Waals surface area contributed by atoms with E-state index in [0.717, 1.165) is 55.1 Å². The normalized spacial score (nSPS) is 10.8. The van der Waals surface area contributed by atoms with E-state index >= 15 is 0 Å². The number of hydrogen-bond acceptors (Lipinski definition) is 4. The smallest absolute Gasteiger partial charge is 0.187 e. The number of nitrogens with one attached hydrogen (secondary N) is 2. The molecule has 0 spiro atoms. The summed E-state index contributed by atoms with van der Waals surface area (Å²) in [5.74, 6) is 1.79. The Bertz CT molecular complexity index is 792.